The molecule has 1 saturated carbocycles. The molecule has 0 aromatic heterocycles. The summed E-state index contributed by atoms with van der Waals surface area (Å²) in [5, 5.41) is 3.12. The topological polar surface area (TPSA) is 133 Å². The number of hydrogen-bond donors (Lipinski definition) is 1. The monoisotopic (exact) mass is 683 g/mol. The van der Waals surface area contributed by atoms with Crippen molar-refractivity contribution in [2.24, 2.45) is 0 Å². The van der Waals surface area contributed by atoms with Gasteiger partial charge in [-0.15, -0.1) is 0 Å². The smallest absolute Gasteiger partial charge is 0.265 e. The van der Waals surface area contributed by atoms with Gasteiger partial charge in [0.05, 0.1) is 46.1 Å². The van der Waals surface area contributed by atoms with Crippen molar-refractivity contribution >= 4 is 27.5 Å². The third-order valence-electron chi connectivity index (χ3n) is 8.45. The number of amides is 2. The van der Waals surface area contributed by atoms with Crippen LogP contribution in [0, 0.1) is 0 Å². The van der Waals surface area contributed by atoms with Gasteiger partial charge < -0.3 is 33.9 Å². The molecular weight excluding hydrogens is 638 g/mol. The van der Waals surface area contributed by atoms with E-state index >= 15 is 0 Å². The van der Waals surface area contributed by atoms with Gasteiger partial charge in [-0.05, 0) is 61.2 Å². The molecule has 48 heavy (non-hydrogen) atoms. The molecule has 1 aliphatic carbocycles. The summed E-state index contributed by atoms with van der Waals surface area (Å²) in [4.78, 5) is 29.6. The molecule has 12 nitrogen and oxygen atoms in total. The predicted octanol–water partition coefficient (Wildman–Crippen LogP) is 4.79. The molecule has 1 aliphatic rings. The SMILES string of the molecule is CC[C@@H](C(=O)NC1CCCC1)N(Cc1cccc(OC)c1)C(=O)CN(c1cc(OC)ccc1OC)S(=O)(=O)c1ccc(OC)c(OC)c1. The normalized spacial score (nSPS) is 13.7. The number of benzene rings is 3. The molecule has 0 radical (unpaired) electrons. The first-order chi connectivity index (χ1) is 23.1. The Morgan fingerprint density at radius 2 is 1.46 bits per heavy atom. The summed E-state index contributed by atoms with van der Waals surface area (Å²) < 4.78 is 57.1. The molecule has 0 bridgehead atoms. The number of anilines is 1. The minimum atomic E-state index is -4.46. The Morgan fingerprint density at radius 3 is 2.08 bits per heavy atom. The summed E-state index contributed by atoms with van der Waals surface area (Å²) >= 11 is 0. The number of rotatable bonds is 16. The summed E-state index contributed by atoms with van der Waals surface area (Å²) in [6.07, 6.45) is 4.11. The van der Waals surface area contributed by atoms with Crippen molar-refractivity contribution < 1.29 is 41.7 Å². The van der Waals surface area contributed by atoms with E-state index in [2.05, 4.69) is 5.32 Å². The zero-order valence-electron chi connectivity index (χ0n) is 28.4. The second-order valence-electron chi connectivity index (χ2n) is 11.4. The minimum Gasteiger partial charge on any atom is -0.497 e. The molecule has 0 unspecified atom stereocenters. The number of sulfonamides is 1. The first-order valence-electron chi connectivity index (χ1n) is 15.8. The van der Waals surface area contributed by atoms with E-state index < -0.39 is 28.5 Å². The molecule has 1 atom stereocenters. The molecule has 13 heteroatoms. The van der Waals surface area contributed by atoms with Gasteiger partial charge in [-0.1, -0.05) is 31.9 Å². The maximum absolute atomic E-state index is 14.6. The Balaban J connectivity index is 1.82. The highest BCUT2D eigenvalue weighted by atomic mass is 32.2. The van der Waals surface area contributed by atoms with E-state index in [0.717, 1.165) is 30.0 Å². The van der Waals surface area contributed by atoms with E-state index in [1.165, 1.54) is 57.6 Å². The Kier molecular flexibility index (Phi) is 12.4. The highest BCUT2D eigenvalue weighted by Crippen LogP contribution is 2.38. The lowest BCUT2D eigenvalue weighted by atomic mass is 10.1. The maximum Gasteiger partial charge on any atom is 0.265 e. The number of methoxy groups -OCH3 is 5. The minimum absolute atomic E-state index is 0.0308. The average Bonchev–Trinajstić information content (AvgIpc) is 3.62. The van der Waals surface area contributed by atoms with Crippen molar-refractivity contribution in [2.75, 3.05) is 46.4 Å². The van der Waals surface area contributed by atoms with Gasteiger partial charge in [0.1, 0.15) is 29.8 Å². The zero-order chi connectivity index (χ0) is 34.8. The highest BCUT2D eigenvalue weighted by Gasteiger charge is 2.36. The van der Waals surface area contributed by atoms with Gasteiger partial charge in [0.2, 0.25) is 11.8 Å². The first-order valence-corrected chi connectivity index (χ1v) is 17.2. The van der Waals surface area contributed by atoms with Crippen LogP contribution in [0.4, 0.5) is 5.69 Å². The summed E-state index contributed by atoms with van der Waals surface area (Å²) in [5.74, 6) is 0.772. The summed E-state index contributed by atoms with van der Waals surface area (Å²) in [6.45, 7) is 1.21. The Morgan fingerprint density at radius 1 is 0.812 bits per heavy atom. The van der Waals surface area contributed by atoms with Gasteiger partial charge >= 0.3 is 0 Å². The van der Waals surface area contributed by atoms with Crippen LogP contribution in [0.2, 0.25) is 0 Å². The van der Waals surface area contributed by atoms with E-state index in [9.17, 15) is 18.0 Å². The molecule has 3 aromatic carbocycles. The zero-order valence-corrected chi connectivity index (χ0v) is 29.2. The largest absolute Gasteiger partial charge is 0.497 e. The fourth-order valence-electron chi connectivity index (χ4n) is 5.86. The Hall–Kier alpha value is -4.65. The van der Waals surface area contributed by atoms with Crippen LogP contribution in [0.3, 0.4) is 0 Å². The molecule has 4 rings (SSSR count). The van der Waals surface area contributed by atoms with Crippen LogP contribution in [-0.4, -0.2) is 79.3 Å². The van der Waals surface area contributed by atoms with Gasteiger partial charge in [-0.2, -0.15) is 0 Å². The number of ether oxygens (including phenoxy) is 5. The van der Waals surface area contributed by atoms with Gasteiger partial charge in [0, 0.05) is 24.7 Å². The summed E-state index contributed by atoms with van der Waals surface area (Å²) in [6, 6.07) is 15.2. The van der Waals surface area contributed by atoms with Crippen LogP contribution in [0.1, 0.15) is 44.6 Å². The van der Waals surface area contributed by atoms with E-state index in [0.29, 0.717) is 29.2 Å². The third-order valence-corrected chi connectivity index (χ3v) is 10.2. The lowest BCUT2D eigenvalue weighted by molar-refractivity contribution is -0.140. The Bertz CT molecular complexity index is 1680. The lowest BCUT2D eigenvalue weighted by Gasteiger charge is -2.34. The van der Waals surface area contributed by atoms with Crippen molar-refractivity contribution in [3.05, 3.63) is 66.2 Å². The number of nitrogens with one attached hydrogen (secondary N) is 1. The van der Waals surface area contributed by atoms with Gasteiger partial charge in [-0.25, -0.2) is 8.42 Å². The second kappa shape index (κ2) is 16.4. The molecule has 3 aromatic rings. The van der Waals surface area contributed by atoms with Crippen LogP contribution in [0.5, 0.6) is 28.7 Å². The molecule has 0 saturated heterocycles. The molecule has 260 valence electrons. The van der Waals surface area contributed by atoms with Crippen molar-refractivity contribution in [1.29, 1.82) is 0 Å². The molecule has 0 heterocycles. The van der Waals surface area contributed by atoms with E-state index in [-0.39, 0.29) is 40.6 Å². The summed E-state index contributed by atoms with van der Waals surface area (Å²) in [7, 11) is 2.79. The molecule has 0 aliphatic heterocycles. The molecular formula is C35H45N3O9S. The van der Waals surface area contributed by atoms with Crippen LogP contribution in [0.25, 0.3) is 0 Å². The van der Waals surface area contributed by atoms with Crippen LogP contribution in [-0.2, 0) is 26.2 Å². The van der Waals surface area contributed by atoms with Crippen molar-refractivity contribution in [1.82, 2.24) is 10.2 Å². The average molecular weight is 684 g/mol. The van der Waals surface area contributed by atoms with Gasteiger partial charge in [-0.3, -0.25) is 13.9 Å². The van der Waals surface area contributed by atoms with Crippen molar-refractivity contribution in [3.63, 3.8) is 0 Å². The van der Waals surface area contributed by atoms with Crippen molar-refractivity contribution in [3.8, 4) is 28.7 Å². The van der Waals surface area contributed by atoms with E-state index in [4.69, 9.17) is 23.7 Å². The second-order valence-corrected chi connectivity index (χ2v) is 13.2. The lowest BCUT2D eigenvalue weighted by Crippen LogP contribution is -2.53. The summed E-state index contributed by atoms with van der Waals surface area (Å²) in [5.41, 5.74) is 0.785. The number of hydrogen-bond acceptors (Lipinski definition) is 9. The van der Waals surface area contributed by atoms with Crippen LogP contribution < -0.4 is 33.3 Å². The number of nitrogens with zero attached hydrogens (tertiary/aromatic N) is 2. The molecule has 2 amide bonds. The number of carbonyl (C=O) groups excluding carboxylic acids is 2. The molecule has 0 spiro atoms. The third kappa shape index (κ3) is 8.25. The quantitative estimate of drug-likeness (QED) is 0.226. The van der Waals surface area contributed by atoms with E-state index in [1.807, 2.05) is 13.0 Å². The molecule has 1 N–H and O–H groups in total. The Labute approximate surface area is 282 Å². The van der Waals surface area contributed by atoms with Crippen LogP contribution in [0.15, 0.2) is 65.6 Å². The highest BCUT2D eigenvalue weighted by molar-refractivity contribution is 7.92. The van der Waals surface area contributed by atoms with Gasteiger partial charge in [0.15, 0.2) is 11.5 Å². The fraction of sp³-hybridized carbons (Fsp3) is 0.429. The maximum atomic E-state index is 14.6. The van der Waals surface area contributed by atoms with Crippen LogP contribution >= 0.6 is 0 Å². The van der Waals surface area contributed by atoms with E-state index in [1.54, 1.807) is 37.4 Å². The standard InChI is InChI=1S/C35H45N3O9S/c1-7-29(35(40)36-25-12-8-9-13-25)37(22-24-11-10-14-26(19-24)43-2)34(39)23-38(30-20-27(44-3)15-17-31(30)45-4)48(41,42)28-16-18-32(46-5)33(21-28)47-6/h10-11,14-21,25,29H,7-9,12-13,22-23H2,1-6H3,(H,36,40)/t29-/m0/s1. The van der Waals surface area contributed by atoms with Gasteiger partial charge in [0.25, 0.3) is 10.0 Å². The molecule has 1 fully saturated rings. The number of carbonyl (C=O) groups is 2. The fourth-order valence-corrected chi connectivity index (χ4v) is 7.30. The van der Waals surface area contributed by atoms with Crippen molar-refractivity contribution in [2.45, 2.75) is 62.6 Å². The first kappa shape index (κ1) is 36.2. The predicted molar refractivity (Wildman–Crippen MR) is 182 cm³/mol.